The Morgan fingerprint density at radius 2 is 2.45 bits per heavy atom. The molecule has 0 radical (unpaired) electrons. The van der Waals surface area contributed by atoms with E-state index in [2.05, 4.69) is 10.7 Å². The molecule has 11 heavy (non-hydrogen) atoms. The molecule has 0 aliphatic carbocycles. The number of urea groups is 1. The maximum atomic E-state index is 11.2. The van der Waals surface area contributed by atoms with Crippen molar-refractivity contribution in [1.82, 2.24) is 20.7 Å². The average molecular weight is 156 g/mol. The van der Waals surface area contributed by atoms with Crippen molar-refractivity contribution < 1.29 is 4.79 Å². The van der Waals surface area contributed by atoms with Gasteiger partial charge in [0.1, 0.15) is 6.17 Å². The van der Waals surface area contributed by atoms with E-state index in [4.69, 9.17) is 0 Å². The van der Waals surface area contributed by atoms with Crippen LogP contribution in [0.25, 0.3) is 0 Å². The van der Waals surface area contributed by atoms with E-state index >= 15 is 0 Å². The number of nitrogens with one attached hydrogen (secondary N) is 2. The number of hydrogen-bond donors (Lipinski definition) is 2. The number of hydrogen-bond acceptors (Lipinski definition) is 3. The summed E-state index contributed by atoms with van der Waals surface area (Å²) >= 11 is 0. The molecule has 1 atom stereocenters. The maximum absolute atomic E-state index is 11.2. The number of fused-ring (bicyclic) bond motifs is 1. The van der Waals surface area contributed by atoms with Crippen molar-refractivity contribution in [3.8, 4) is 0 Å². The Morgan fingerprint density at radius 1 is 1.64 bits per heavy atom. The summed E-state index contributed by atoms with van der Waals surface area (Å²) in [4.78, 5) is 13.0. The van der Waals surface area contributed by atoms with Gasteiger partial charge in [-0.3, -0.25) is 5.43 Å². The second-order valence-electron chi connectivity index (χ2n) is 2.91. The Bertz CT molecular complexity index is 183. The van der Waals surface area contributed by atoms with Crippen LogP contribution in [0, 0.1) is 0 Å². The van der Waals surface area contributed by atoms with E-state index in [1.54, 1.807) is 0 Å². The molecule has 0 bridgehead atoms. The van der Waals surface area contributed by atoms with E-state index in [1.165, 1.54) is 0 Å². The van der Waals surface area contributed by atoms with Crippen molar-refractivity contribution in [2.24, 2.45) is 0 Å². The van der Waals surface area contributed by atoms with Crippen molar-refractivity contribution in [3.63, 3.8) is 0 Å². The van der Waals surface area contributed by atoms with E-state index in [0.717, 1.165) is 19.6 Å². The lowest BCUT2D eigenvalue weighted by atomic mass is 10.3. The first-order valence-corrected chi connectivity index (χ1v) is 3.80. The van der Waals surface area contributed by atoms with Gasteiger partial charge < -0.3 is 10.2 Å². The van der Waals surface area contributed by atoms with Crippen LogP contribution in [-0.2, 0) is 0 Å². The Labute approximate surface area is 65.3 Å². The molecular weight excluding hydrogens is 144 g/mol. The third-order valence-electron chi connectivity index (χ3n) is 2.20. The van der Waals surface area contributed by atoms with Gasteiger partial charge in [0.15, 0.2) is 0 Å². The first-order chi connectivity index (χ1) is 5.29. The largest absolute Gasteiger partial charge is 0.333 e. The van der Waals surface area contributed by atoms with Gasteiger partial charge in [0.25, 0.3) is 0 Å². The van der Waals surface area contributed by atoms with Gasteiger partial charge in [-0.2, -0.15) is 5.01 Å². The van der Waals surface area contributed by atoms with Gasteiger partial charge in [0.2, 0.25) is 0 Å². The molecular formula is C6H12N4O. The van der Waals surface area contributed by atoms with Gasteiger partial charge >= 0.3 is 6.03 Å². The topological polar surface area (TPSA) is 47.6 Å². The monoisotopic (exact) mass is 156 g/mol. The Balaban J connectivity index is 2.13. The lowest BCUT2D eigenvalue weighted by Crippen LogP contribution is -2.52. The number of hydrazine groups is 1. The van der Waals surface area contributed by atoms with Crippen molar-refractivity contribution in [1.29, 1.82) is 0 Å². The van der Waals surface area contributed by atoms with E-state index < -0.39 is 0 Å². The summed E-state index contributed by atoms with van der Waals surface area (Å²) in [5.41, 5.74) is 2.74. The Hall–Kier alpha value is -0.810. The minimum absolute atomic E-state index is 0.0269. The van der Waals surface area contributed by atoms with Gasteiger partial charge in [-0.05, 0) is 0 Å². The summed E-state index contributed by atoms with van der Waals surface area (Å²) < 4.78 is 0. The maximum Gasteiger partial charge on any atom is 0.333 e. The fraction of sp³-hybridized carbons (Fsp3) is 0.833. The zero-order chi connectivity index (χ0) is 7.84. The number of likely N-dealkylation sites (N-methyl/N-ethyl adjacent to an activating group) is 1. The minimum atomic E-state index is 0.0269. The molecule has 0 aromatic carbocycles. The first-order valence-electron chi connectivity index (χ1n) is 3.80. The normalized spacial score (nSPS) is 31.9. The van der Waals surface area contributed by atoms with Crippen LogP contribution in [0.1, 0.15) is 0 Å². The van der Waals surface area contributed by atoms with Crippen molar-refractivity contribution in [2.45, 2.75) is 6.17 Å². The van der Waals surface area contributed by atoms with Crippen molar-refractivity contribution >= 4 is 6.03 Å². The molecule has 2 heterocycles. The molecule has 0 spiro atoms. The van der Waals surface area contributed by atoms with Crippen LogP contribution in [0.2, 0.25) is 0 Å². The van der Waals surface area contributed by atoms with Crippen molar-refractivity contribution in [3.05, 3.63) is 0 Å². The zero-order valence-corrected chi connectivity index (χ0v) is 6.50. The predicted molar refractivity (Wildman–Crippen MR) is 39.7 cm³/mol. The molecule has 2 aliphatic rings. The summed E-state index contributed by atoms with van der Waals surface area (Å²) in [7, 11) is 1.88. The van der Waals surface area contributed by atoms with E-state index in [0.29, 0.717) is 0 Å². The highest BCUT2D eigenvalue weighted by Crippen LogP contribution is 2.11. The molecule has 2 N–H and O–H groups in total. The van der Waals surface area contributed by atoms with Gasteiger partial charge in [-0.25, -0.2) is 4.79 Å². The Kier molecular flexibility index (Phi) is 1.47. The first kappa shape index (κ1) is 6.87. The second kappa shape index (κ2) is 2.35. The number of carbonyl (C=O) groups excluding carboxylic acids is 1. The van der Waals surface area contributed by atoms with Gasteiger partial charge in [0.05, 0.1) is 0 Å². The van der Waals surface area contributed by atoms with Crippen LogP contribution in [0.4, 0.5) is 4.79 Å². The van der Waals surface area contributed by atoms with Gasteiger partial charge in [-0.1, -0.05) is 0 Å². The molecule has 0 unspecified atom stereocenters. The molecule has 2 rings (SSSR count). The molecule has 2 amide bonds. The smallest absolute Gasteiger partial charge is 0.311 e. The molecule has 0 aromatic rings. The van der Waals surface area contributed by atoms with Crippen LogP contribution >= 0.6 is 0 Å². The molecule has 2 fully saturated rings. The minimum Gasteiger partial charge on any atom is -0.311 e. The zero-order valence-electron chi connectivity index (χ0n) is 6.50. The van der Waals surface area contributed by atoms with Crippen LogP contribution in [0.15, 0.2) is 0 Å². The summed E-state index contributed by atoms with van der Waals surface area (Å²) in [6, 6.07) is 0.0269. The number of carbonyl (C=O) groups is 1. The quantitative estimate of drug-likeness (QED) is 0.462. The molecule has 5 heteroatoms. The SMILES string of the molecule is CN1NC(=O)N2CCNC[C@@H]12. The predicted octanol–water partition coefficient (Wildman–Crippen LogP) is -1.21. The average Bonchev–Trinajstić information content (AvgIpc) is 2.30. The lowest BCUT2D eigenvalue weighted by molar-refractivity contribution is 0.123. The fourth-order valence-corrected chi connectivity index (χ4v) is 1.56. The third kappa shape index (κ3) is 0.965. The highest BCUT2D eigenvalue weighted by atomic mass is 16.2. The summed E-state index contributed by atoms with van der Waals surface area (Å²) in [5, 5.41) is 5.07. The van der Waals surface area contributed by atoms with Crippen LogP contribution in [0.3, 0.4) is 0 Å². The molecule has 62 valence electrons. The Morgan fingerprint density at radius 3 is 3.18 bits per heavy atom. The van der Waals surface area contributed by atoms with Crippen molar-refractivity contribution in [2.75, 3.05) is 26.7 Å². The summed E-state index contributed by atoms with van der Waals surface area (Å²) in [5.74, 6) is 0. The van der Waals surface area contributed by atoms with Crippen LogP contribution in [0.5, 0.6) is 0 Å². The number of piperazine rings is 1. The van der Waals surface area contributed by atoms with Gasteiger partial charge in [0, 0.05) is 26.7 Å². The number of rotatable bonds is 0. The van der Waals surface area contributed by atoms with Crippen LogP contribution in [-0.4, -0.2) is 48.8 Å². The summed E-state index contributed by atoms with van der Waals surface area (Å²) in [6.07, 6.45) is 0.205. The highest BCUT2D eigenvalue weighted by molar-refractivity contribution is 5.76. The second-order valence-corrected chi connectivity index (χ2v) is 2.91. The molecule has 0 aromatic heterocycles. The standard InChI is InChI=1S/C6H12N4O/c1-9-5-4-7-2-3-10(5)6(11)8-9/h5,7H,2-4H2,1H3,(H,8,11)/t5-/m0/s1. The molecule has 5 nitrogen and oxygen atoms in total. The fourth-order valence-electron chi connectivity index (χ4n) is 1.56. The molecule has 2 aliphatic heterocycles. The highest BCUT2D eigenvalue weighted by Gasteiger charge is 2.36. The van der Waals surface area contributed by atoms with Gasteiger partial charge in [-0.15, -0.1) is 0 Å². The summed E-state index contributed by atoms with van der Waals surface area (Å²) in [6.45, 7) is 2.56. The van der Waals surface area contributed by atoms with E-state index in [-0.39, 0.29) is 12.2 Å². The number of nitrogens with zero attached hydrogens (tertiary/aromatic N) is 2. The van der Waals surface area contributed by atoms with E-state index in [1.807, 2.05) is 17.0 Å². The third-order valence-corrected chi connectivity index (χ3v) is 2.20. The lowest BCUT2D eigenvalue weighted by Gasteiger charge is -2.30. The van der Waals surface area contributed by atoms with E-state index in [9.17, 15) is 4.79 Å². The number of amides is 2. The van der Waals surface area contributed by atoms with Crippen LogP contribution < -0.4 is 10.7 Å². The molecule has 0 saturated carbocycles. The molecule has 2 saturated heterocycles.